The summed E-state index contributed by atoms with van der Waals surface area (Å²) < 4.78 is 11.9. The maximum absolute atomic E-state index is 11.3. The fourth-order valence-corrected chi connectivity index (χ4v) is 3.30. The predicted octanol–water partition coefficient (Wildman–Crippen LogP) is 4.25. The number of hydrogen-bond donors (Lipinski definition) is 1. The number of nitrogens with one attached hydrogen (secondary N) is 1. The molecule has 0 unspecified atom stereocenters. The van der Waals surface area contributed by atoms with Crippen LogP contribution in [0.25, 0.3) is 22.4 Å². The van der Waals surface area contributed by atoms with E-state index < -0.39 is 0 Å². The van der Waals surface area contributed by atoms with Crippen molar-refractivity contribution >= 4 is 51.2 Å². The van der Waals surface area contributed by atoms with Gasteiger partial charge in [-0.1, -0.05) is 23.7 Å². The molecule has 0 aliphatic rings. The molecule has 0 fully saturated rings. The van der Waals surface area contributed by atoms with Crippen molar-refractivity contribution < 1.29 is 14.3 Å². The van der Waals surface area contributed by atoms with Gasteiger partial charge < -0.3 is 14.8 Å². The third-order valence-electron chi connectivity index (χ3n) is 3.61. The Morgan fingerprint density at radius 3 is 2.85 bits per heavy atom. The SMILES string of the molecule is CNC(=O)COc1ccc(/C=C/c2nc3cc(Cl)ccc3s2)cc1OC. The average Bonchev–Trinajstić information content (AvgIpc) is 3.06. The molecule has 3 rings (SSSR count). The van der Waals surface area contributed by atoms with Crippen LogP contribution >= 0.6 is 22.9 Å². The lowest BCUT2D eigenvalue weighted by atomic mass is 10.2. The van der Waals surface area contributed by atoms with Crippen molar-refractivity contribution in [3.63, 3.8) is 0 Å². The van der Waals surface area contributed by atoms with Crippen molar-refractivity contribution in [1.82, 2.24) is 10.3 Å². The first kappa shape index (κ1) is 18.2. The molecule has 0 spiro atoms. The average molecular weight is 389 g/mol. The molecular weight excluding hydrogens is 372 g/mol. The second kappa shape index (κ2) is 8.21. The Morgan fingerprint density at radius 2 is 2.08 bits per heavy atom. The van der Waals surface area contributed by atoms with Gasteiger partial charge in [-0.05, 0) is 42.0 Å². The highest BCUT2D eigenvalue weighted by Gasteiger charge is 2.07. The standard InChI is InChI=1S/C19H17ClN2O3S/c1-21-18(23)11-25-15-6-3-12(9-16(15)24-2)4-8-19-22-14-10-13(20)5-7-17(14)26-19/h3-10H,11H2,1-2H3,(H,21,23)/b8-4+. The van der Waals surface area contributed by atoms with Gasteiger partial charge in [0.2, 0.25) is 0 Å². The van der Waals surface area contributed by atoms with Crippen LogP contribution < -0.4 is 14.8 Å². The van der Waals surface area contributed by atoms with Crippen LogP contribution in [-0.4, -0.2) is 31.7 Å². The Labute approximate surface area is 160 Å². The van der Waals surface area contributed by atoms with Crippen LogP contribution in [0, 0.1) is 0 Å². The molecule has 2 aromatic carbocycles. The summed E-state index contributed by atoms with van der Waals surface area (Å²) in [6, 6.07) is 11.2. The molecule has 5 nitrogen and oxygen atoms in total. The molecule has 0 saturated heterocycles. The number of amides is 1. The maximum atomic E-state index is 11.3. The van der Waals surface area contributed by atoms with Crippen LogP contribution in [0.3, 0.4) is 0 Å². The smallest absolute Gasteiger partial charge is 0.257 e. The zero-order valence-electron chi connectivity index (χ0n) is 14.3. The summed E-state index contributed by atoms with van der Waals surface area (Å²) in [5, 5.41) is 4.07. The number of likely N-dealkylation sites (N-methyl/N-ethyl adjacent to an activating group) is 1. The first-order chi connectivity index (χ1) is 12.6. The molecule has 0 saturated carbocycles. The van der Waals surface area contributed by atoms with Crippen LogP contribution in [-0.2, 0) is 4.79 Å². The van der Waals surface area contributed by atoms with E-state index in [1.54, 1.807) is 31.6 Å². The summed E-state index contributed by atoms with van der Waals surface area (Å²) in [5.74, 6) is 0.877. The van der Waals surface area contributed by atoms with E-state index in [1.165, 1.54) is 0 Å². The van der Waals surface area contributed by atoms with E-state index in [1.807, 2.05) is 42.5 Å². The van der Waals surface area contributed by atoms with E-state index in [0.717, 1.165) is 20.8 Å². The summed E-state index contributed by atoms with van der Waals surface area (Å²) in [6.45, 7) is -0.0592. The molecule has 1 aromatic heterocycles. The number of thiazole rings is 1. The van der Waals surface area contributed by atoms with Gasteiger partial charge in [0.1, 0.15) is 5.01 Å². The molecule has 0 aliphatic heterocycles. The van der Waals surface area contributed by atoms with Crippen LogP contribution in [0.5, 0.6) is 11.5 Å². The predicted molar refractivity (Wildman–Crippen MR) is 106 cm³/mol. The highest BCUT2D eigenvalue weighted by molar-refractivity contribution is 7.19. The van der Waals surface area contributed by atoms with E-state index in [2.05, 4.69) is 10.3 Å². The monoisotopic (exact) mass is 388 g/mol. The molecule has 7 heteroatoms. The quantitative estimate of drug-likeness (QED) is 0.685. The largest absolute Gasteiger partial charge is 0.493 e. The van der Waals surface area contributed by atoms with Gasteiger partial charge in [0.15, 0.2) is 18.1 Å². The van der Waals surface area contributed by atoms with Crippen LogP contribution in [0.15, 0.2) is 36.4 Å². The molecular formula is C19H17ClN2O3S. The normalized spacial score (nSPS) is 11.0. The summed E-state index contributed by atoms with van der Waals surface area (Å²) in [6.07, 6.45) is 3.89. The van der Waals surface area contributed by atoms with Gasteiger partial charge >= 0.3 is 0 Å². The Hall–Kier alpha value is -2.57. The van der Waals surface area contributed by atoms with E-state index in [9.17, 15) is 4.79 Å². The number of carbonyl (C=O) groups excluding carboxylic acids is 1. The van der Waals surface area contributed by atoms with Crippen LogP contribution in [0.2, 0.25) is 5.02 Å². The molecule has 26 heavy (non-hydrogen) atoms. The first-order valence-electron chi connectivity index (χ1n) is 7.84. The number of halogens is 1. The van der Waals surface area contributed by atoms with E-state index in [0.29, 0.717) is 16.5 Å². The molecule has 1 heterocycles. The number of aromatic nitrogens is 1. The lowest BCUT2D eigenvalue weighted by molar-refractivity contribution is -0.122. The van der Waals surface area contributed by atoms with E-state index >= 15 is 0 Å². The zero-order valence-corrected chi connectivity index (χ0v) is 15.9. The van der Waals surface area contributed by atoms with Crippen molar-refractivity contribution in [3.8, 4) is 11.5 Å². The third kappa shape index (κ3) is 4.33. The molecule has 3 aromatic rings. The van der Waals surface area contributed by atoms with Crippen molar-refractivity contribution in [2.45, 2.75) is 0 Å². The number of rotatable bonds is 6. The van der Waals surface area contributed by atoms with E-state index in [-0.39, 0.29) is 12.5 Å². The van der Waals surface area contributed by atoms with Gasteiger partial charge in [0.25, 0.3) is 5.91 Å². The summed E-state index contributed by atoms with van der Waals surface area (Å²) in [4.78, 5) is 15.9. The second-order valence-electron chi connectivity index (χ2n) is 5.37. The second-order valence-corrected chi connectivity index (χ2v) is 6.87. The lowest BCUT2D eigenvalue weighted by Gasteiger charge is -2.10. The highest BCUT2D eigenvalue weighted by atomic mass is 35.5. The van der Waals surface area contributed by atoms with Gasteiger partial charge in [-0.3, -0.25) is 4.79 Å². The Kier molecular flexibility index (Phi) is 5.75. The summed E-state index contributed by atoms with van der Waals surface area (Å²) >= 11 is 7.59. The topological polar surface area (TPSA) is 60.5 Å². The molecule has 0 radical (unpaired) electrons. The Morgan fingerprint density at radius 1 is 1.23 bits per heavy atom. The maximum Gasteiger partial charge on any atom is 0.257 e. The summed E-state index contributed by atoms with van der Waals surface area (Å²) in [5.41, 5.74) is 1.82. The Balaban J connectivity index is 1.77. The molecule has 134 valence electrons. The number of methoxy groups -OCH3 is 1. The number of nitrogens with zero attached hydrogens (tertiary/aromatic N) is 1. The molecule has 1 amide bonds. The highest BCUT2D eigenvalue weighted by Crippen LogP contribution is 2.30. The zero-order chi connectivity index (χ0) is 18.5. The minimum Gasteiger partial charge on any atom is -0.493 e. The number of benzene rings is 2. The fraction of sp³-hybridized carbons (Fsp3) is 0.158. The molecule has 0 aliphatic carbocycles. The molecule has 1 N–H and O–H groups in total. The number of ether oxygens (including phenoxy) is 2. The van der Waals surface area contributed by atoms with Crippen molar-refractivity contribution in [2.24, 2.45) is 0 Å². The fourth-order valence-electron chi connectivity index (χ4n) is 2.28. The van der Waals surface area contributed by atoms with Crippen LogP contribution in [0.1, 0.15) is 10.6 Å². The van der Waals surface area contributed by atoms with Crippen molar-refractivity contribution in [2.75, 3.05) is 20.8 Å². The minimum absolute atomic E-state index is 0.0592. The van der Waals surface area contributed by atoms with Gasteiger partial charge in [-0.25, -0.2) is 4.98 Å². The number of fused-ring (bicyclic) bond motifs is 1. The third-order valence-corrected chi connectivity index (χ3v) is 4.85. The lowest BCUT2D eigenvalue weighted by Crippen LogP contribution is -2.24. The van der Waals surface area contributed by atoms with E-state index in [4.69, 9.17) is 21.1 Å². The number of carbonyl (C=O) groups is 1. The van der Waals surface area contributed by atoms with Crippen LogP contribution in [0.4, 0.5) is 0 Å². The van der Waals surface area contributed by atoms with Gasteiger partial charge in [-0.2, -0.15) is 0 Å². The van der Waals surface area contributed by atoms with Crippen molar-refractivity contribution in [3.05, 3.63) is 52.0 Å². The number of hydrogen-bond acceptors (Lipinski definition) is 5. The van der Waals surface area contributed by atoms with Gasteiger partial charge in [0.05, 0.1) is 17.3 Å². The van der Waals surface area contributed by atoms with Gasteiger partial charge in [0, 0.05) is 12.1 Å². The first-order valence-corrected chi connectivity index (χ1v) is 9.04. The van der Waals surface area contributed by atoms with Crippen molar-refractivity contribution in [1.29, 1.82) is 0 Å². The Bertz CT molecular complexity index is 969. The summed E-state index contributed by atoms with van der Waals surface area (Å²) in [7, 11) is 3.12. The van der Waals surface area contributed by atoms with Gasteiger partial charge in [-0.15, -0.1) is 11.3 Å². The molecule has 0 bridgehead atoms. The molecule has 0 atom stereocenters. The minimum atomic E-state index is -0.202.